The number of carbonyl (C=O) groups excluding carboxylic acids is 3. The van der Waals surface area contributed by atoms with Gasteiger partial charge in [0.15, 0.2) is 0 Å². The van der Waals surface area contributed by atoms with Crippen LogP contribution < -0.4 is 10.5 Å². The molecule has 2 aliphatic heterocycles. The molecule has 1 unspecified atom stereocenters. The van der Waals surface area contributed by atoms with Gasteiger partial charge >= 0.3 is 5.97 Å². The minimum absolute atomic E-state index is 0. The van der Waals surface area contributed by atoms with E-state index in [-0.39, 0.29) is 36.8 Å². The van der Waals surface area contributed by atoms with Crippen LogP contribution in [0.2, 0.25) is 0 Å². The lowest BCUT2D eigenvalue weighted by molar-refractivity contribution is -0.131. The molecule has 0 radical (unpaired) electrons. The number of esters is 1. The summed E-state index contributed by atoms with van der Waals surface area (Å²) in [5, 5.41) is 1.89. The fourth-order valence-electron chi connectivity index (χ4n) is 8.55. The highest BCUT2D eigenvalue weighted by atomic mass is 16.5. The molecule has 8 heteroatoms. The molecule has 8 nitrogen and oxygen atoms in total. The van der Waals surface area contributed by atoms with Crippen molar-refractivity contribution in [1.29, 1.82) is 0 Å². The second-order valence-electron chi connectivity index (χ2n) is 15.4. The zero-order valence-electron chi connectivity index (χ0n) is 31.3. The van der Waals surface area contributed by atoms with E-state index in [1.165, 1.54) is 32.6 Å². The van der Waals surface area contributed by atoms with Gasteiger partial charge in [0.2, 0.25) is 0 Å². The van der Waals surface area contributed by atoms with Crippen molar-refractivity contribution >= 4 is 28.6 Å². The average Bonchev–Trinajstić information content (AvgIpc) is 3.68. The Kier molecular flexibility index (Phi) is 13.6. The van der Waals surface area contributed by atoms with Crippen molar-refractivity contribution in [3.05, 3.63) is 95.8 Å². The average molecular weight is 721 g/mol. The predicted octanol–water partition coefficient (Wildman–Crippen LogP) is 9.50. The molecule has 0 spiro atoms. The number of carbonyl (C=O) groups is 3. The van der Waals surface area contributed by atoms with Gasteiger partial charge in [-0.05, 0) is 129 Å². The summed E-state index contributed by atoms with van der Waals surface area (Å²) in [5.41, 5.74) is 10.2. The van der Waals surface area contributed by atoms with E-state index < -0.39 is 0 Å². The molecule has 53 heavy (non-hydrogen) atoms. The molecule has 3 aromatic carbocycles. The molecule has 2 amide bonds. The molecule has 284 valence electrons. The standard InChI is InChI=1S/C22H26N2O3.C22H30N2O.CH4/c1-15(25)27-19-9-8-16-13-18(7-6-17(16)14-19)21(26)24-12-4-11-22(23)10-3-2-5-20(22)24;1-18-9-4-3-5-15-24(16-8-10-18)22(25)20-11-12-21(19(2)17-20)23-13-6-7-14-23;/h6-9,13-14,20H,2-5,10-12,23H2,1H3;6-7,11-14,17-18H,3-5,8-10,15-16H2,1-2H3;1H4/t20-,22+;;/m1../s1. The Morgan fingerprint density at radius 2 is 1.40 bits per heavy atom. The number of aromatic nitrogens is 1. The lowest BCUT2D eigenvalue weighted by atomic mass is 9.72. The maximum atomic E-state index is 13.3. The SMILES string of the molecule is C.CC(=O)Oc1ccc2cc(C(=O)N3CCC[C@@]4(N)CCCC[C@@H]34)ccc2c1.Cc1cc(C(=O)N2CCCCCC(C)CCC2)ccc1-n1cccc1. The van der Waals surface area contributed by atoms with E-state index in [1.807, 2.05) is 71.9 Å². The number of benzene rings is 3. The highest BCUT2D eigenvalue weighted by Crippen LogP contribution is 2.38. The van der Waals surface area contributed by atoms with Crippen LogP contribution in [0, 0.1) is 12.8 Å². The first-order valence-corrected chi connectivity index (χ1v) is 19.5. The fraction of sp³-hybridized carbons (Fsp3) is 0.489. The van der Waals surface area contributed by atoms with Gasteiger partial charge in [0.25, 0.3) is 11.8 Å². The maximum Gasteiger partial charge on any atom is 0.308 e. The molecule has 4 aromatic rings. The summed E-state index contributed by atoms with van der Waals surface area (Å²) in [4.78, 5) is 41.5. The molecule has 1 saturated carbocycles. The number of fused-ring (bicyclic) bond motifs is 2. The smallest absolute Gasteiger partial charge is 0.308 e. The number of nitrogens with zero attached hydrogens (tertiary/aromatic N) is 3. The third-order valence-corrected chi connectivity index (χ3v) is 11.4. The van der Waals surface area contributed by atoms with Gasteiger partial charge in [-0.15, -0.1) is 0 Å². The number of ether oxygens (including phenoxy) is 1. The molecule has 1 aromatic heterocycles. The second kappa shape index (κ2) is 18.1. The van der Waals surface area contributed by atoms with E-state index in [1.54, 1.807) is 6.07 Å². The highest BCUT2D eigenvalue weighted by molar-refractivity contribution is 5.99. The van der Waals surface area contributed by atoms with E-state index in [2.05, 4.69) is 29.4 Å². The zero-order chi connectivity index (χ0) is 36.7. The normalized spacial score (nSPS) is 22.0. The van der Waals surface area contributed by atoms with Gasteiger partial charge in [0.1, 0.15) is 5.75 Å². The molecule has 3 heterocycles. The van der Waals surface area contributed by atoms with Gasteiger partial charge in [-0.2, -0.15) is 0 Å². The second-order valence-corrected chi connectivity index (χ2v) is 15.4. The van der Waals surface area contributed by atoms with Gasteiger partial charge in [-0.3, -0.25) is 14.4 Å². The highest BCUT2D eigenvalue weighted by Gasteiger charge is 2.44. The molecule has 2 saturated heterocycles. The number of nitrogens with two attached hydrogens (primary N) is 1. The summed E-state index contributed by atoms with van der Waals surface area (Å²) in [5.74, 6) is 1.22. The minimum Gasteiger partial charge on any atom is -0.427 e. The lowest BCUT2D eigenvalue weighted by Crippen LogP contribution is -2.64. The zero-order valence-corrected chi connectivity index (χ0v) is 31.3. The van der Waals surface area contributed by atoms with Crippen LogP contribution in [0.3, 0.4) is 0 Å². The summed E-state index contributed by atoms with van der Waals surface area (Å²) < 4.78 is 7.23. The third kappa shape index (κ3) is 9.77. The number of hydrogen-bond donors (Lipinski definition) is 1. The Labute approximate surface area is 316 Å². The van der Waals surface area contributed by atoms with E-state index in [0.29, 0.717) is 11.3 Å². The molecule has 3 aliphatic rings. The molecule has 3 atom stereocenters. The van der Waals surface area contributed by atoms with Crippen LogP contribution in [0.15, 0.2) is 79.1 Å². The van der Waals surface area contributed by atoms with Gasteiger partial charge < -0.3 is 24.8 Å². The van der Waals surface area contributed by atoms with Crippen molar-refractivity contribution < 1.29 is 19.1 Å². The Morgan fingerprint density at radius 1 is 0.736 bits per heavy atom. The number of rotatable bonds is 4. The number of aryl methyl sites for hydroxylation is 1. The minimum atomic E-state index is -0.344. The molecule has 7 rings (SSSR count). The first-order chi connectivity index (χ1) is 25.1. The van der Waals surface area contributed by atoms with Crippen molar-refractivity contribution in [2.45, 2.75) is 117 Å². The summed E-state index contributed by atoms with van der Waals surface area (Å²) >= 11 is 0. The number of hydrogen-bond acceptors (Lipinski definition) is 5. The van der Waals surface area contributed by atoms with Crippen molar-refractivity contribution in [1.82, 2.24) is 14.4 Å². The van der Waals surface area contributed by atoms with Gasteiger partial charge in [-0.1, -0.05) is 58.6 Å². The Bertz CT molecular complexity index is 1850. The van der Waals surface area contributed by atoms with Gasteiger partial charge in [0.05, 0.1) is 0 Å². The van der Waals surface area contributed by atoms with Crippen LogP contribution >= 0.6 is 0 Å². The Hall–Kier alpha value is -4.43. The number of piperidine rings is 1. The fourth-order valence-corrected chi connectivity index (χ4v) is 8.55. The number of likely N-dealkylation sites (tertiary alicyclic amines) is 1. The molecule has 0 bridgehead atoms. The monoisotopic (exact) mass is 720 g/mol. The van der Waals surface area contributed by atoms with Crippen molar-refractivity contribution in [2.24, 2.45) is 11.7 Å². The molecular formula is C45H60N4O4. The largest absolute Gasteiger partial charge is 0.427 e. The molecule has 3 fully saturated rings. The lowest BCUT2D eigenvalue weighted by Gasteiger charge is -2.50. The summed E-state index contributed by atoms with van der Waals surface area (Å²) in [7, 11) is 0. The van der Waals surface area contributed by atoms with Crippen LogP contribution in [0.4, 0.5) is 0 Å². The Balaban J connectivity index is 0.000000201. The summed E-state index contributed by atoms with van der Waals surface area (Å²) in [6.07, 6.45) is 17.7. The Morgan fingerprint density at radius 3 is 2.17 bits per heavy atom. The van der Waals surface area contributed by atoms with Crippen LogP contribution in [0.1, 0.15) is 125 Å². The van der Waals surface area contributed by atoms with E-state index in [4.69, 9.17) is 10.5 Å². The van der Waals surface area contributed by atoms with E-state index in [9.17, 15) is 14.4 Å². The first kappa shape index (κ1) is 39.8. The first-order valence-electron chi connectivity index (χ1n) is 19.5. The van der Waals surface area contributed by atoms with Crippen LogP contribution in [0.5, 0.6) is 5.75 Å². The molecule has 2 N–H and O–H groups in total. The van der Waals surface area contributed by atoms with Crippen LogP contribution in [-0.4, -0.2) is 63.4 Å². The third-order valence-electron chi connectivity index (χ3n) is 11.4. The predicted molar refractivity (Wildman–Crippen MR) is 215 cm³/mol. The van der Waals surface area contributed by atoms with Gasteiger partial charge in [-0.25, -0.2) is 0 Å². The quantitative estimate of drug-likeness (QED) is 0.167. The van der Waals surface area contributed by atoms with Crippen LogP contribution in [-0.2, 0) is 4.79 Å². The summed E-state index contributed by atoms with van der Waals surface area (Å²) in [6.45, 7) is 8.37. The van der Waals surface area contributed by atoms with Crippen molar-refractivity contribution in [2.75, 3.05) is 19.6 Å². The van der Waals surface area contributed by atoms with E-state index in [0.717, 1.165) is 105 Å². The van der Waals surface area contributed by atoms with Crippen LogP contribution in [0.25, 0.3) is 16.5 Å². The number of amides is 2. The maximum absolute atomic E-state index is 13.3. The van der Waals surface area contributed by atoms with Crippen molar-refractivity contribution in [3.8, 4) is 11.4 Å². The summed E-state index contributed by atoms with van der Waals surface area (Å²) in [6, 6.07) is 21.4. The molecule has 1 aliphatic carbocycles. The van der Waals surface area contributed by atoms with Crippen molar-refractivity contribution in [3.63, 3.8) is 0 Å². The van der Waals surface area contributed by atoms with Gasteiger partial charge in [0, 0.05) is 67.3 Å². The molecular weight excluding hydrogens is 661 g/mol. The topological polar surface area (TPSA) is 97.9 Å². The van der Waals surface area contributed by atoms with E-state index >= 15 is 0 Å².